The van der Waals surface area contributed by atoms with Gasteiger partial charge in [-0.1, -0.05) is 6.07 Å². The molecule has 0 N–H and O–H groups in total. The number of carbonyl (C=O) groups excluding carboxylic acids is 1. The third-order valence-electron chi connectivity index (χ3n) is 3.63. The zero-order valence-corrected chi connectivity index (χ0v) is 10.6. The van der Waals surface area contributed by atoms with Crippen molar-refractivity contribution in [2.45, 2.75) is 32.1 Å². The minimum absolute atomic E-state index is 0.128. The van der Waals surface area contributed by atoms with E-state index in [1.54, 1.807) is 7.11 Å². The monoisotopic (exact) mass is 234 g/mol. The van der Waals surface area contributed by atoms with Gasteiger partial charge in [0.05, 0.1) is 20.6 Å². The molecule has 0 aromatic heterocycles. The van der Waals surface area contributed by atoms with Crippen LogP contribution in [0.25, 0.3) is 0 Å². The summed E-state index contributed by atoms with van der Waals surface area (Å²) in [5.74, 6) is 1.11. The minimum atomic E-state index is -0.128. The summed E-state index contributed by atoms with van der Waals surface area (Å²) in [7, 11) is 3.13. The second-order valence-electron chi connectivity index (χ2n) is 4.48. The maximum Gasteiger partial charge on any atom is 0.306 e. The molecule has 0 amide bonds. The molecule has 17 heavy (non-hydrogen) atoms. The molecule has 1 unspecified atom stereocenters. The Hall–Kier alpha value is -1.51. The van der Waals surface area contributed by atoms with Crippen molar-refractivity contribution in [2.24, 2.45) is 0 Å². The van der Waals surface area contributed by atoms with E-state index in [-0.39, 0.29) is 5.97 Å². The number of esters is 1. The van der Waals surface area contributed by atoms with Crippen LogP contribution in [0.5, 0.6) is 5.75 Å². The fourth-order valence-corrected chi connectivity index (χ4v) is 2.66. The van der Waals surface area contributed by atoms with Crippen molar-refractivity contribution in [3.8, 4) is 5.75 Å². The van der Waals surface area contributed by atoms with E-state index in [4.69, 9.17) is 9.47 Å². The third-order valence-corrected chi connectivity index (χ3v) is 3.63. The first-order valence-corrected chi connectivity index (χ1v) is 5.90. The lowest BCUT2D eigenvalue weighted by atomic mass is 9.96. The summed E-state index contributed by atoms with van der Waals surface area (Å²) in [5.41, 5.74) is 3.84. The highest BCUT2D eigenvalue weighted by atomic mass is 16.5. The van der Waals surface area contributed by atoms with Gasteiger partial charge < -0.3 is 9.47 Å². The largest absolute Gasteiger partial charge is 0.496 e. The fourth-order valence-electron chi connectivity index (χ4n) is 2.66. The molecule has 0 fully saturated rings. The van der Waals surface area contributed by atoms with Crippen LogP contribution in [0.1, 0.15) is 35.4 Å². The van der Waals surface area contributed by atoms with E-state index in [1.807, 2.05) is 6.07 Å². The van der Waals surface area contributed by atoms with Gasteiger partial charge in [-0.2, -0.15) is 0 Å². The molecule has 0 heterocycles. The summed E-state index contributed by atoms with van der Waals surface area (Å²) in [6.45, 7) is 2.08. The van der Waals surface area contributed by atoms with Gasteiger partial charge >= 0.3 is 5.97 Å². The van der Waals surface area contributed by atoms with Crippen LogP contribution in [0.3, 0.4) is 0 Å². The Kier molecular flexibility index (Phi) is 3.36. The Bertz CT molecular complexity index is 437. The third kappa shape index (κ3) is 2.14. The van der Waals surface area contributed by atoms with Gasteiger partial charge in [0.2, 0.25) is 0 Å². The first kappa shape index (κ1) is 12.0. The molecule has 1 aromatic carbocycles. The maximum atomic E-state index is 11.3. The fraction of sp³-hybridized carbons (Fsp3) is 0.500. The van der Waals surface area contributed by atoms with Gasteiger partial charge in [-0.15, -0.1) is 0 Å². The Labute approximate surface area is 102 Å². The van der Waals surface area contributed by atoms with Crippen LogP contribution in [0, 0.1) is 6.92 Å². The molecule has 2 rings (SSSR count). The first-order chi connectivity index (χ1) is 8.17. The van der Waals surface area contributed by atoms with Crippen LogP contribution in [0.15, 0.2) is 12.1 Å². The Balaban J connectivity index is 2.27. The molecule has 0 aliphatic heterocycles. The molecule has 92 valence electrons. The molecule has 0 saturated carbocycles. The highest BCUT2D eigenvalue weighted by molar-refractivity contribution is 5.71. The summed E-state index contributed by atoms with van der Waals surface area (Å²) >= 11 is 0. The smallest absolute Gasteiger partial charge is 0.306 e. The van der Waals surface area contributed by atoms with Crippen molar-refractivity contribution in [1.29, 1.82) is 0 Å². The second-order valence-corrected chi connectivity index (χ2v) is 4.48. The zero-order valence-electron chi connectivity index (χ0n) is 10.6. The van der Waals surface area contributed by atoms with Gasteiger partial charge in [0.1, 0.15) is 5.75 Å². The average Bonchev–Trinajstić information content (AvgIpc) is 2.74. The standard InChI is InChI=1S/C14H18O3/c1-9-11-5-4-10(8-14(15)17-3)12(11)6-7-13(9)16-2/h6-7,10H,4-5,8H2,1-3H3. The average molecular weight is 234 g/mol. The van der Waals surface area contributed by atoms with Gasteiger partial charge in [0.25, 0.3) is 0 Å². The number of ether oxygens (including phenoxy) is 2. The number of hydrogen-bond donors (Lipinski definition) is 0. The molecule has 3 nitrogen and oxygen atoms in total. The van der Waals surface area contributed by atoms with Crippen LogP contribution < -0.4 is 4.74 Å². The highest BCUT2D eigenvalue weighted by Gasteiger charge is 2.27. The predicted molar refractivity (Wildman–Crippen MR) is 65.4 cm³/mol. The maximum absolute atomic E-state index is 11.3. The van der Waals surface area contributed by atoms with Crippen LogP contribution in [0.2, 0.25) is 0 Å². The first-order valence-electron chi connectivity index (χ1n) is 5.90. The molecule has 0 bridgehead atoms. The van der Waals surface area contributed by atoms with Gasteiger partial charge in [0, 0.05) is 0 Å². The molecule has 0 spiro atoms. The summed E-state index contributed by atoms with van der Waals surface area (Å²) in [4.78, 5) is 11.3. The molecule has 0 radical (unpaired) electrons. The number of benzene rings is 1. The van der Waals surface area contributed by atoms with Crippen molar-refractivity contribution < 1.29 is 14.3 Å². The van der Waals surface area contributed by atoms with Crippen LogP contribution >= 0.6 is 0 Å². The Morgan fingerprint density at radius 3 is 2.82 bits per heavy atom. The van der Waals surface area contributed by atoms with Crippen LogP contribution in [-0.2, 0) is 16.0 Å². The lowest BCUT2D eigenvalue weighted by molar-refractivity contribution is -0.141. The SMILES string of the molecule is COC(=O)CC1CCc2c1ccc(OC)c2C. The van der Waals surface area contributed by atoms with Gasteiger partial charge in [0.15, 0.2) is 0 Å². The number of hydrogen-bond acceptors (Lipinski definition) is 3. The quantitative estimate of drug-likeness (QED) is 0.754. The van der Waals surface area contributed by atoms with Gasteiger partial charge in [-0.25, -0.2) is 0 Å². The summed E-state index contributed by atoms with van der Waals surface area (Å²) in [6.07, 6.45) is 2.54. The van der Waals surface area contributed by atoms with E-state index < -0.39 is 0 Å². The minimum Gasteiger partial charge on any atom is -0.496 e. The molecule has 0 saturated heterocycles. The zero-order chi connectivity index (χ0) is 12.4. The molecule has 1 aliphatic carbocycles. The van der Waals surface area contributed by atoms with Crippen molar-refractivity contribution in [3.63, 3.8) is 0 Å². The van der Waals surface area contributed by atoms with Crippen molar-refractivity contribution in [3.05, 3.63) is 28.8 Å². The van der Waals surface area contributed by atoms with Crippen molar-refractivity contribution in [2.75, 3.05) is 14.2 Å². The van der Waals surface area contributed by atoms with E-state index >= 15 is 0 Å². The number of rotatable bonds is 3. The summed E-state index contributed by atoms with van der Waals surface area (Å²) in [6, 6.07) is 4.07. The molecule has 3 heteroatoms. The van der Waals surface area contributed by atoms with Crippen molar-refractivity contribution >= 4 is 5.97 Å². The van der Waals surface area contributed by atoms with E-state index in [0.717, 1.165) is 18.6 Å². The predicted octanol–water partition coefficient (Wildman–Crippen LogP) is 2.60. The lowest BCUT2D eigenvalue weighted by Gasteiger charge is -2.13. The molecular formula is C14H18O3. The number of fused-ring (bicyclic) bond motifs is 1. The number of methoxy groups -OCH3 is 2. The molecular weight excluding hydrogens is 216 g/mol. The molecule has 1 atom stereocenters. The normalized spacial score (nSPS) is 17.7. The van der Waals surface area contributed by atoms with E-state index in [9.17, 15) is 4.79 Å². The van der Waals surface area contributed by atoms with Crippen LogP contribution in [-0.4, -0.2) is 20.2 Å². The summed E-state index contributed by atoms with van der Waals surface area (Å²) in [5, 5.41) is 0. The Morgan fingerprint density at radius 1 is 1.41 bits per heavy atom. The number of carbonyl (C=O) groups is 1. The van der Waals surface area contributed by atoms with E-state index in [0.29, 0.717) is 12.3 Å². The van der Waals surface area contributed by atoms with E-state index in [2.05, 4.69) is 13.0 Å². The van der Waals surface area contributed by atoms with Crippen LogP contribution in [0.4, 0.5) is 0 Å². The van der Waals surface area contributed by atoms with Gasteiger partial charge in [-0.05, 0) is 48.4 Å². The second kappa shape index (κ2) is 4.78. The Morgan fingerprint density at radius 2 is 2.18 bits per heavy atom. The highest BCUT2D eigenvalue weighted by Crippen LogP contribution is 2.40. The van der Waals surface area contributed by atoms with Gasteiger partial charge in [-0.3, -0.25) is 4.79 Å². The molecule has 1 aromatic rings. The summed E-state index contributed by atoms with van der Waals surface area (Å²) < 4.78 is 10.1. The molecule has 1 aliphatic rings. The topological polar surface area (TPSA) is 35.5 Å². The van der Waals surface area contributed by atoms with E-state index in [1.165, 1.54) is 23.8 Å². The lowest BCUT2D eigenvalue weighted by Crippen LogP contribution is -2.06. The van der Waals surface area contributed by atoms with Crippen molar-refractivity contribution in [1.82, 2.24) is 0 Å².